The minimum absolute atomic E-state index is 0.0514. The summed E-state index contributed by atoms with van der Waals surface area (Å²) in [7, 11) is 0. The van der Waals surface area contributed by atoms with Gasteiger partial charge in [0.15, 0.2) is 0 Å². The maximum Gasteiger partial charge on any atom is 0.237 e. The average molecular weight is 224 g/mol. The largest absolute Gasteiger partial charge is 0.378 e. The van der Waals surface area contributed by atoms with Crippen LogP contribution in [0.25, 0.3) is 0 Å². The lowest BCUT2D eigenvalue weighted by molar-refractivity contribution is -0.122. The highest BCUT2D eigenvalue weighted by Gasteiger charge is 2.24. The Bertz CT molecular complexity index is 273. The van der Waals surface area contributed by atoms with Gasteiger partial charge in [0.2, 0.25) is 5.91 Å². The number of carbonyl (C=O) groups is 1. The predicted octanol–water partition coefficient (Wildman–Crippen LogP) is 0.139. The SMILES string of the molecule is C#CCNC(=O)C(C)NCC1CCOC1C. The van der Waals surface area contributed by atoms with Crippen LogP contribution in [0.2, 0.25) is 0 Å². The lowest BCUT2D eigenvalue weighted by Crippen LogP contribution is -2.44. The van der Waals surface area contributed by atoms with E-state index in [2.05, 4.69) is 23.5 Å². The van der Waals surface area contributed by atoms with Crippen LogP contribution in [0.1, 0.15) is 20.3 Å². The molecule has 1 aliphatic rings. The van der Waals surface area contributed by atoms with Gasteiger partial charge in [0.25, 0.3) is 0 Å². The minimum Gasteiger partial charge on any atom is -0.378 e. The van der Waals surface area contributed by atoms with Crippen molar-refractivity contribution in [2.24, 2.45) is 5.92 Å². The van der Waals surface area contributed by atoms with Gasteiger partial charge in [0.1, 0.15) is 0 Å². The van der Waals surface area contributed by atoms with Crippen LogP contribution < -0.4 is 10.6 Å². The Morgan fingerprint density at radius 2 is 2.44 bits per heavy atom. The van der Waals surface area contributed by atoms with Gasteiger partial charge in [-0.1, -0.05) is 5.92 Å². The second-order valence-corrected chi connectivity index (χ2v) is 4.18. The van der Waals surface area contributed by atoms with Crippen molar-refractivity contribution in [3.63, 3.8) is 0 Å². The molecule has 1 aliphatic heterocycles. The van der Waals surface area contributed by atoms with Gasteiger partial charge in [-0.25, -0.2) is 0 Å². The molecule has 0 bridgehead atoms. The third-order valence-corrected chi connectivity index (χ3v) is 2.98. The van der Waals surface area contributed by atoms with Gasteiger partial charge in [0, 0.05) is 13.2 Å². The monoisotopic (exact) mass is 224 g/mol. The normalized spacial score (nSPS) is 26.1. The van der Waals surface area contributed by atoms with Gasteiger partial charge >= 0.3 is 0 Å². The van der Waals surface area contributed by atoms with Crippen molar-refractivity contribution in [3.8, 4) is 12.3 Å². The molecule has 0 aromatic heterocycles. The number of amides is 1. The minimum atomic E-state index is -0.207. The first-order chi connectivity index (χ1) is 7.65. The summed E-state index contributed by atoms with van der Waals surface area (Å²) in [5.74, 6) is 2.83. The van der Waals surface area contributed by atoms with Gasteiger partial charge in [0.05, 0.1) is 18.7 Å². The predicted molar refractivity (Wildman–Crippen MR) is 62.8 cm³/mol. The van der Waals surface area contributed by atoms with Crippen molar-refractivity contribution >= 4 is 5.91 Å². The Balaban J connectivity index is 2.21. The molecule has 3 atom stereocenters. The van der Waals surface area contributed by atoms with Crippen molar-refractivity contribution in [1.29, 1.82) is 0 Å². The van der Waals surface area contributed by atoms with Crippen LogP contribution in [-0.2, 0) is 9.53 Å². The van der Waals surface area contributed by atoms with E-state index in [1.54, 1.807) is 0 Å². The Morgan fingerprint density at radius 1 is 1.69 bits per heavy atom. The summed E-state index contributed by atoms with van der Waals surface area (Å²) < 4.78 is 5.46. The summed E-state index contributed by atoms with van der Waals surface area (Å²) in [5, 5.41) is 5.85. The van der Waals surface area contributed by atoms with Crippen molar-refractivity contribution in [2.75, 3.05) is 19.7 Å². The average Bonchev–Trinajstić information content (AvgIpc) is 2.68. The molecule has 4 heteroatoms. The van der Waals surface area contributed by atoms with Gasteiger partial charge in [-0.15, -0.1) is 6.42 Å². The zero-order valence-corrected chi connectivity index (χ0v) is 9.95. The molecule has 0 aromatic carbocycles. The van der Waals surface area contributed by atoms with Crippen LogP contribution in [-0.4, -0.2) is 37.7 Å². The Hall–Kier alpha value is -1.05. The van der Waals surface area contributed by atoms with Crippen molar-refractivity contribution in [2.45, 2.75) is 32.4 Å². The van der Waals surface area contributed by atoms with E-state index in [9.17, 15) is 4.79 Å². The lowest BCUT2D eigenvalue weighted by Gasteiger charge is -2.18. The molecule has 0 saturated carbocycles. The molecule has 16 heavy (non-hydrogen) atoms. The first-order valence-electron chi connectivity index (χ1n) is 5.71. The topological polar surface area (TPSA) is 50.4 Å². The van der Waals surface area contributed by atoms with E-state index < -0.39 is 0 Å². The number of carbonyl (C=O) groups excluding carboxylic acids is 1. The molecule has 1 heterocycles. The van der Waals surface area contributed by atoms with E-state index in [4.69, 9.17) is 11.2 Å². The van der Waals surface area contributed by atoms with E-state index in [1.807, 2.05) is 6.92 Å². The first-order valence-corrected chi connectivity index (χ1v) is 5.71. The molecular weight excluding hydrogens is 204 g/mol. The third-order valence-electron chi connectivity index (χ3n) is 2.98. The van der Waals surface area contributed by atoms with E-state index in [0.29, 0.717) is 5.92 Å². The molecule has 2 N–H and O–H groups in total. The summed E-state index contributed by atoms with van der Waals surface area (Å²) in [4.78, 5) is 11.5. The standard InChI is InChI=1S/C12H20N2O2/c1-4-6-13-12(15)9(2)14-8-11-5-7-16-10(11)3/h1,9-11,14H,5-8H2,2-3H3,(H,13,15). The van der Waals surface area contributed by atoms with Crippen LogP contribution in [0.3, 0.4) is 0 Å². The molecule has 90 valence electrons. The van der Waals surface area contributed by atoms with Gasteiger partial charge in [-0.2, -0.15) is 0 Å². The zero-order chi connectivity index (χ0) is 12.0. The van der Waals surface area contributed by atoms with Crippen LogP contribution >= 0.6 is 0 Å². The van der Waals surface area contributed by atoms with E-state index in [-0.39, 0.29) is 24.6 Å². The quantitative estimate of drug-likeness (QED) is 0.653. The van der Waals surface area contributed by atoms with Crippen molar-refractivity contribution in [1.82, 2.24) is 10.6 Å². The fourth-order valence-corrected chi connectivity index (χ4v) is 1.76. The number of ether oxygens (including phenoxy) is 1. The Labute approximate surface area is 97.1 Å². The summed E-state index contributed by atoms with van der Waals surface area (Å²) in [5.41, 5.74) is 0. The fraction of sp³-hybridized carbons (Fsp3) is 0.750. The highest BCUT2D eigenvalue weighted by Crippen LogP contribution is 2.19. The molecule has 1 saturated heterocycles. The van der Waals surface area contributed by atoms with Crippen LogP contribution in [0.15, 0.2) is 0 Å². The Morgan fingerprint density at radius 3 is 3.00 bits per heavy atom. The maximum atomic E-state index is 11.5. The number of hydrogen-bond donors (Lipinski definition) is 2. The lowest BCUT2D eigenvalue weighted by atomic mass is 10.0. The van der Waals surface area contributed by atoms with Crippen molar-refractivity contribution in [3.05, 3.63) is 0 Å². The van der Waals surface area contributed by atoms with E-state index >= 15 is 0 Å². The molecule has 0 radical (unpaired) electrons. The second kappa shape index (κ2) is 6.51. The summed E-state index contributed by atoms with van der Waals surface area (Å²) in [6.07, 6.45) is 6.41. The molecule has 0 spiro atoms. The van der Waals surface area contributed by atoms with Crippen LogP contribution in [0.5, 0.6) is 0 Å². The smallest absolute Gasteiger partial charge is 0.237 e. The summed E-state index contributed by atoms with van der Waals surface area (Å²) >= 11 is 0. The molecule has 0 aliphatic carbocycles. The third kappa shape index (κ3) is 3.84. The molecule has 4 nitrogen and oxygen atoms in total. The summed E-state index contributed by atoms with van der Waals surface area (Å²) in [6.45, 7) is 5.83. The van der Waals surface area contributed by atoms with Gasteiger partial charge < -0.3 is 15.4 Å². The number of rotatable bonds is 5. The van der Waals surface area contributed by atoms with E-state index in [1.165, 1.54) is 0 Å². The first kappa shape index (κ1) is 13.0. The Kier molecular flexibility index (Phi) is 5.30. The zero-order valence-electron chi connectivity index (χ0n) is 9.95. The van der Waals surface area contributed by atoms with Crippen LogP contribution in [0.4, 0.5) is 0 Å². The highest BCUT2D eigenvalue weighted by molar-refractivity contribution is 5.81. The molecule has 1 amide bonds. The number of terminal acetylenes is 1. The number of nitrogens with one attached hydrogen (secondary N) is 2. The molecule has 0 aromatic rings. The number of hydrogen-bond acceptors (Lipinski definition) is 3. The molecule has 1 rings (SSSR count). The summed E-state index contributed by atoms with van der Waals surface area (Å²) in [6, 6.07) is -0.207. The molecule has 3 unspecified atom stereocenters. The maximum absolute atomic E-state index is 11.5. The van der Waals surface area contributed by atoms with Crippen molar-refractivity contribution < 1.29 is 9.53 Å². The highest BCUT2D eigenvalue weighted by atomic mass is 16.5. The second-order valence-electron chi connectivity index (χ2n) is 4.18. The van der Waals surface area contributed by atoms with Crippen LogP contribution in [0, 0.1) is 18.3 Å². The van der Waals surface area contributed by atoms with Gasteiger partial charge in [-0.05, 0) is 26.2 Å². The fourth-order valence-electron chi connectivity index (χ4n) is 1.76. The molecule has 1 fully saturated rings. The van der Waals surface area contributed by atoms with E-state index in [0.717, 1.165) is 19.6 Å². The van der Waals surface area contributed by atoms with Gasteiger partial charge in [-0.3, -0.25) is 4.79 Å². The molecular formula is C12H20N2O2.